The lowest BCUT2D eigenvalue weighted by Gasteiger charge is -2.23. The first-order chi connectivity index (χ1) is 10.7. The first-order valence-electron chi connectivity index (χ1n) is 7.75. The molecule has 1 aromatic carbocycles. The highest BCUT2D eigenvalue weighted by Gasteiger charge is 2.22. The van der Waals surface area contributed by atoms with E-state index in [0.717, 1.165) is 31.5 Å². The molecule has 3 rings (SSSR count). The fourth-order valence-electron chi connectivity index (χ4n) is 2.86. The first kappa shape index (κ1) is 17.5. The number of amides is 1. The largest absolute Gasteiger partial charge is 0.351 e. The zero-order valence-corrected chi connectivity index (χ0v) is 14.8. The minimum atomic E-state index is 0. The van der Waals surface area contributed by atoms with Crippen molar-refractivity contribution in [2.24, 2.45) is 0 Å². The fraction of sp³-hybridized carbons (Fsp3) is 0.412. The van der Waals surface area contributed by atoms with Gasteiger partial charge in [-0.15, -0.1) is 17.0 Å². The Labute approximate surface area is 147 Å². The molecule has 2 aliphatic rings. The van der Waals surface area contributed by atoms with Crippen LogP contribution in [0.5, 0.6) is 0 Å². The van der Waals surface area contributed by atoms with Crippen LogP contribution in [-0.2, 0) is 4.79 Å². The summed E-state index contributed by atoms with van der Waals surface area (Å²) in [6, 6.07) is 9.30. The number of carbonyl (C=O) groups is 2. The highest BCUT2D eigenvalue weighted by atomic mass is 79.9. The summed E-state index contributed by atoms with van der Waals surface area (Å²) in [6.07, 6.45) is 6.00. The maximum absolute atomic E-state index is 12.2. The fourth-order valence-corrected chi connectivity index (χ4v) is 2.86. The van der Waals surface area contributed by atoms with Crippen molar-refractivity contribution in [2.45, 2.75) is 12.8 Å². The normalized spacial score (nSPS) is 16.6. The molecule has 1 amide bonds. The zero-order chi connectivity index (χ0) is 15.4. The van der Waals surface area contributed by atoms with Gasteiger partial charge in [-0.05, 0) is 12.8 Å². The van der Waals surface area contributed by atoms with Gasteiger partial charge in [0, 0.05) is 31.1 Å². The monoisotopic (exact) mass is 379 g/mol. The number of Topliss-reactive ketones (excluding diaryl/α,β-unsaturated/α-hetero) is 1. The van der Waals surface area contributed by atoms with E-state index in [9.17, 15) is 9.59 Å². The molecule has 23 heavy (non-hydrogen) atoms. The zero-order valence-electron chi connectivity index (χ0n) is 13.1. The SMILES string of the molecule is Br.O=C(CN1C=CN(CC(=O)N2CCCC2)C1)c1ccccc1. The number of nitrogens with zero attached hydrogens (tertiary/aromatic N) is 3. The Kier molecular flexibility index (Phi) is 6.21. The Balaban J connectivity index is 0.00000192. The Hall–Kier alpha value is -1.82. The van der Waals surface area contributed by atoms with E-state index in [1.165, 1.54) is 0 Å². The summed E-state index contributed by atoms with van der Waals surface area (Å²) < 4.78 is 0. The van der Waals surface area contributed by atoms with E-state index in [1.807, 2.05) is 57.4 Å². The van der Waals surface area contributed by atoms with Gasteiger partial charge in [0.25, 0.3) is 0 Å². The third-order valence-electron chi connectivity index (χ3n) is 4.09. The molecule has 0 atom stereocenters. The molecule has 0 aliphatic carbocycles. The molecule has 2 aliphatic heterocycles. The van der Waals surface area contributed by atoms with E-state index in [4.69, 9.17) is 0 Å². The molecule has 1 aromatic rings. The van der Waals surface area contributed by atoms with Crippen molar-refractivity contribution in [1.82, 2.24) is 14.7 Å². The van der Waals surface area contributed by atoms with Crippen molar-refractivity contribution in [3.63, 3.8) is 0 Å². The van der Waals surface area contributed by atoms with E-state index in [-0.39, 0.29) is 28.7 Å². The van der Waals surface area contributed by atoms with Crippen molar-refractivity contribution in [1.29, 1.82) is 0 Å². The molecule has 0 bridgehead atoms. The second-order valence-electron chi connectivity index (χ2n) is 5.81. The van der Waals surface area contributed by atoms with Crippen LogP contribution >= 0.6 is 17.0 Å². The van der Waals surface area contributed by atoms with E-state index in [1.54, 1.807) is 0 Å². The molecule has 5 nitrogen and oxygen atoms in total. The van der Waals surface area contributed by atoms with Crippen LogP contribution in [0.25, 0.3) is 0 Å². The second kappa shape index (κ2) is 8.15. The maximum Gasteiger partial charge on any atom is 0.242 e. The highest BCUT2D eigenvalue weighted by Crippen LogP contribution is 2.12. The summed E-state index contributed by atoms with van der Waals surface area (Å²) in [6.45, 7) is 3.10. The van der Waals surface area contributed by atoms with Crippen LogP contribution in [0, 0.1) is 0 Å². The average Bonchev–Trinajstić information content (AvgIpc) is 3.20. The van der Waals surface area contributed by atoms with Crippen LogP contribution in [-0.4, -0.2) is 59.2 Å². The summed E-state index contributed by atoms with van der Waals surface area (Å²) in [5.41, 5.74) is 0.725. The summed E-state index contributed by atoms with van der Waals surface area (Å²) in [5, 5.41) is 0. The van der Waals surface area contributed by atoms with E-state index in [2.05, 4.69) is 0 Å². The van der Waals surface area contributed by atoms with Crippen LogP contribution in [0.2, 0.25) is 0 Å². The number of hydrogen-bond donors (Lipinski definition) is 0. The minimum absolute atomic E-state index is 0. The number of benzene rings is 1. The summed E-state index contributed by atoms with van der Waals surface area (Å²) in [7, 11) is 0. The lowest BCUT2D eigenvalue weighted by Crippen LogP contribution is -2.38. The molecule has 6 heteroatoms. The van der Waals surface area contributed by atoms with Gasteiger partial charge < -0.3 is 14.7 Å². The number of rotatable bonds is 5. The Morgan fingerprint density at radius 1 is 0.913 bits per heavy atom. The number of likely N-dealkylation sites (tertiary alicyclic amines) is 1. The molecule has 0 saturated carbocycles. The lowest BCUT2D eigenvalue weighted by molar-refractivity contribution is -0.130. The van der Waals surface area contributed by atoms with E-state index in [0.29, 0.717) is 19.8 Å². The van der Waals surface area contributed by atoms with Crippen LogP contribution in [0.3, 0.4) is 0 Å². The topological polar surface area (TPSA) is 43.9 Å². The van der Waals surface area contributed by atoms with Gasteiger partial charge in [0.1, 0.15) is 0 Å². The average molecular weight is 380 g/mol. The molecule has 2 heterocycles. The van der Waals surface area contributed by atoms with Crippen LogP contribution in [0.1, 0.15) is 23.2 Å². The molecule has 0 spiro atoms. The van der Waals surface area contributed by atoms with Crippen molar-refractivity contribution in [3.05, 3.63) is 48.3 Å². The van der Waals surface area contributed by atoms with Crippen LogP contribution in [0.4, 0.5) is 0 Å². The Morgan fingerprint density at radius 2 is 1.52 bits per heavy atom. The van der Waals surface area contributed by atoms with E-state index < -0.39 is 0 Å². The molecule has 124 valence electrons. The predicted molar refractivity (Wildman–Crippen MR) is 94.3 cm³/mol. The molecule has 0 N–H and O–H groups in total. The third kappa shape index (κ3) is 4.58. The standard InChI is InChI=1S/C17H21N3O2.BrH/c21-16(15-6-2-1-3-7-15)12-18-10-11-19(14-18)13-17(22)20-8-4-5-9-20;/h1-3,6-7,10-11H,4-5,8-9,12-14H2;1H. The maximum atomic E-state index is 12.2. The molecule has 1 saturated heterocycles. The van der Waals surface area contributed by atoms with Crippen molar-refractivity contribution < 1.29 is 9.59 Å². The number of halogens is 1. The summed E-state index contributed by atoms with van der Waals surface area (Å²) >= 11 is 0. The Morgan fingerprint density at radius 3 is 2.17 bits per heavy atom. The summed E-state index contributed by atoms with van der Waals surface area (Å²) in [4.78, 5) is 30.1. The number of carbonyl (C=O) groups excluding carboxylic acids is 2. The Bertz CT molecular complexity index is 570. The van der Waals surface area contributed by atoms with Crippen molar-refractivity contribution >= 4 is 28.7 Å². The third-order valence-corrected chi connectivity index (χ3v) is 4.09. The van der Waals surface area contributed by atoms with Gasteiger partial charge in [0.05, 0.1) is 19.8 Å². The molecular weight excluding hydrogens is 358 g/mol. The minimum Gasteiger partial charge on any atom is -0.351 e. The number of ketones is 1. The highest BCUT2D eigenvalue weighted by molar-refractivity contribution is 8.93. The van der Waals surface area contributed by atoms with Crippen LogP contribution in [0.15, 0.2) is 42.7 Å². The van der Waals surface area contributed by atoms with Crippen molar-refractivity contribution in [3.8, 4) is 0 Å². The van der Waals surface area contributed by atoms with Crippen LogP contribution < -0.4 is 0 Å². The number of hydrogen-bond acceptors (Lipinski definition) is 4. The van der Waals surface area contributed by atoms with Gasteiger partial charge in [0.2, 0.25) is 5.91 Å². The smallest absolute Gasteiger partial charge is 0.242 e. The van der Waals surface area contributed by atoms with Gasteiger partial charge in [-0.2, -0.15) is 0 Å². The molecule has 0 aromatic heterocycles. The van der Waals surface area contributed by atoms with Gasteiger partial charge in [-0.3, -0.25) is 9.59 Å². The first-order valence-corrected chi connectivity index (χ1v) is 7.75. The van der Waals surface area contributed by atoms with Gasteiger partial charge in [-0.25, -0.2) is 0 Å². The lowest BCUT2D eigenvalue weighted by atomic mass is 10.1. The van der Waals surface area contributed by atoms with Crippen molar-refractivity contribution in [2.75, 3.05) is 32.8 Å². The summed E-state index contributed by atoms with van der Waals surface area (Å²) in [5.74, 6) is 0.274. The van der Waals surface area contributed by atoms with Gasteiger partial charge in [-0.1, -0.05) is 30.3 Å². The molecule has 0 unspecified atom stereocenters. The van der Waals surface area contributed by atoms with Gasteiger partial charge >= 0.3 is 0 Å². The second-order valence-corrected chi connectivity index (χ2v) is 5.81. The molecule has 1 fully saturated rings. The predicted octanol–water partition coefficient (Wildman–Crippen LogP) is 2.12. The van der Waals surface area contributed by atoms with Gasteiger partial charge in [0.15, 0.2) is 5.78 Å². The molecule has 0 radical (unpaired) electrons. The molecular formula is C17H22BrN3O2. The van der Waals surface area contributed by atoms with E-state index >= 15 is 0 Å². The quantitative estimate of drug-likeness (QED) is 0.734.